The van der Waals surface area contributed by atoms with E-state index in [2.05, 4.69) is 50.2 Å². The van der Waals surface area contributed by atoms with Crippen LogP contribution in [0.2, 0.25) is 0 Å². The highest BCUT2D eigenvalue weighted by Gasteiger charge is 2.47. The van der Waals surface area contributed by atoms with E-state index in [-0.39, 0.29) is 5.41 Å². The van der Waals surface area contributed by atoms with Crippen LogP contribution in [0.5, 0.6) is 0 Å². The predicted octanol–water partition coefficient (Wildman–Crippen LogP) is 3.68. The fourth-order valence-electron chi connectivity index (χ4n) is 2.94. The second-order valence-corrected chi connectivity index (χ2v) is 5.23. The molecular formula is C15H22N+. The van der Waals surface area contributed by atoms with Gasteiger partial charge >= 0.3 is 0 Å². The molecule has 0 spiro atoms. The molecule has 0 saturated heterocycles. The molecule has 16 heavy (non-hydrogen) atoms. The molecule has 0 aliphatic carbocycles. The Kier molecular flexibility index (Phi) is 2.88. The number of hydrogen-bond donors (Lipinski definition) is 0. The van der Waals surface area contributed by atoms with Crippen LogP contribution in [-0.4, -0.2) is 16.8 Å². The van der Waals surface area contributed by atoms with Crippen LogP contribution in [0, 0.1) is 5.41 Å². The molecule has 0 aromatic rings. The van der Waals surface area contributed by atoms with Crippen LogP contribution in [-0.2, 0) is 0 Å². The van der Waals surface area contributed by atoms with Gasteiger partial charge in [0.15, 0.2) is 5.71 Å². The first-order valence-electron chi connectivity index (χ1n) is 6.25. The molecule has 2 heterocycles. The summed E-state index contributed by atoms with van der Waals surface area (Å²) in [5, 5.41) is 0. The molecule has 0 saturated carbocycles. The smallest absolute Gasteiger partial charge is 0.199 e. The largest absolute Gasteiger partial charge is 0.202 e. The van der Waals surface area contributed by atoms with E-state index in [9.17, 15) is 0 Å². The van der Waals surface area contributed by atoms with Gasteiger partial charge in [0.2, 0.25) is 5.70 Å². The van der Waals surface area contributed by atoms with Gasteiger partial charge in [-0.05, 0) is 33.8 Å². The highest BCUT2D eigenvalue weighted by atomic mass is 15.1. The maximum absolute atomic E-state index is 4.27. The first kappa shape index (κ1) is 11.4. The van der Waals surface area contributed by atoms with Gasteiger partial charge in [-0.1, -0.05) is 18.2 Å². The van der Waals surface area contributed by atoms with Crippen molar-refractivity contribution in [2.24, 2.45) is 5.41 Å². The van der Waals surface area contributed by atoms with Gasteiger partial charge in [0.25, 0.3) is 0 Å². The van der Waals surface area contributed by atoms with Crippen LogP contribution < -0.4 is 0 Å². The van der Waals surface area contributed by atoms with Crippen molar-refractivity contribution < 1.29 is 4.58 Å². The third kappa shape index (κ3) is 1.59. The van der Waals surface area contributed by atoms with E-state index in [0.29, 0.717) is 0 Å². The molecular weight excluding hydrogens is 194 g/mol. The summed E-state index contributed by atoms with van der Waals surface area (Å²) in [4.78, 5) is 0. The first-order chi connectivity index (χ1) is 7.59. The molecule has 0 fully saturated rings. The van der Waals surface area contributed by atoms with E-state index in [0.717, 1.165) is 6.54 Å². The van der Waals surface area contributed by atoms with E-state index in [1.807, 2.05) is 0 Å². The molecule has 2 aliphatic rings. The minimum absolute atomic E-state index is 0.178. The van der Waals surface area contributed by atoms with Crippen molar-refractivity contribution in [3.8, 4) is 0 Å². The Morgan fingerprint density at radius 3 is 2.69 bits per heavy atom. The van der Waals surface area contributed by atoms with Crippen molar-refractivity contribution in [3.63, 3.8) is 0 Å². The van der Waals surface area contributed by atoms with Crippen molar-refractivity contribution in [2.75, 3.05) is 6.54 Å². The summed E-state index contributed by atoms with van der Waals surface area (Å²) in [5.74, 6) is 0. The molecule has 1 nitrogen and oxygen atoms in total. The van der Waals surface area contributed by atoms with Gasteiger partial charge in [0.1, 0.15) is 6.54 Å². The van der Waals surface area contributed by atoms with Crippen LogP contribution >= 0.6 is 0 Å². The molecule has 1 heteroatoms. The zero-order valence-corrected chi connectivity index (χ0v) is 10.7. The fourth-order valence-corrected chi connectivity index (χ4v) is 2.94. The average molecular weight is 216 g/mol. The van der Waals surface area contributed by atoms with Gasteiger partial charge in [-0.3, -0.25) is 0 Å². The molecule has 0 atom stereocenters. The molecule has 0 aromatic heterocycles. The molecule has 0 N–H and O–H groups in total. The van der Waals surface area contributed by atoms with E-state index in [4.69, 9.17) is 0 Å². The molecule has 0 unspecified atom stereocenters. The Hall–Kier alpha value is -1.11. The summed E-state index contributed by atoms with van der Waals surface area (Å²) < 4.78 is 2.44. The number of rotatable bonds is 1. The molecule has 0 radical (unpaired) electrons. The van der Waals surface area contributed by atoms with E-state index in [1.54, 1.807) is 5.71 Å². The van der Waals surface area contributed by atoms with Gasteiger partial charge in [-0.15, -0.1) is 0 Å². The Morgan fingerprint density at radius 2 is 2.06 bits per heavy atom. The highest BCUT2D eigenvalue weighted by molar-refractivity contribution is 5.92. The fraction of sp³-hybridized carbons (Fsp3) is 0.533. The van der Waals surface area contributed by atoms with Crippen molar-refractivity contribution in [2.45, 2.75) is 40.0 Å². The lowest BCUT2D eigenvalue weighted by Crippen LogP contribution is -2.28. The minimum atomic E-state index is 0.178. The van der Waals surface area contributed by atoms with Gasteiger partial charge in [-0.25, -0.2) is 0 Å². The maximum atomic E-state index is 4.27. The van der Waals surface area contributed by atoms with Crippen LogP contribution in [0.4, 0.5) is 0 Å². The third-order valence-electron chi connectivity index (χ3n) is 3.86. The first-order valence-corrected chi connectivity index (χ1v) is 6.25. The van der Waals surface area contributed by atoms with Crippen molar-refractivity contribution >= 4 is 5.71 Å². The lowest BCUT2D eigenvalue weighted by atomic mass is 9.79. The van der Waals surface area contributed by atoms with E-state index < -0.39 is 0 Å². The zero-order chi connectivity index (χ0) is 11.8. The van der Waals surface area contributed by atoms with E-state index in [1.165, 1.54) is 30.5 Å². The summed E-state index contributed by atoms with van der Waals surface area (Å²) in [6, 6.07) is 0. The average Bonchev–Trinajstić information content (AvgIpc) is 2.46. The molecule has 2 rings (SSSR count). The molecule has 2 aliphatic heterocycles. The van der Waals surface area contributed by atoms with Crippen LogP contribution in [0.3, 0.4) is 0 Å². The van der Waals surface area contributed by atoms with Crippen molar-refractivity contribution in [3.05, 3.63) is 36.1 Å². The van der Waals surface area contributed by atoms with E-state index >= 15 is 0 Å². The summed E-state index contributed by atoms with van der Waals surface area (Å²) in [6.07, 6.45) is 10.3. The lowest BCUT2D eigenvalue weighted by Gasteiger charge is -2.18. The Morgan fingerprint density at radius 1 is 1.31 bits per heavy atom. The predicted molar refractivity (Wildman–Crippen MR) is 69.8 cm³/mol. The highest BCUT2D eigenvalue weighted by Crippen LogP contribution is 2.42. The number of hydrogen-bond acceptors (Lipinski definition) is 0. The van der Waals surface area contributed by atoms with Crippen molar-refractivity contribution in [1.82, 2.24) is 0 Å². The van der Waals surface area contributed by atoms with Gasteiger partial charge in [0.05, 0.1) is 5.41 Å². The Balaban J connectivity index is 2.45. The van der Waals surface area contributed by atoms with Crippen LogP contribution in [0.15, 0.2) is 36.1 Å². The molecule has 86 valence electrons. The monoisotopic (exact) mass is 216 g/mol. The zero-order valence-electron chi connectivity index (χ0n) is 10.7. The quantitative estimate of drug-likeness (QED) is 0.588. The van der Waals surface area contributed by atoms with Gasteiger partial charge < -0.3 is 0 Å². The molecule has 0 aromatic carbocycles. The standard InChI is InChI=1S/C15H22N/c1-5-6-9-13-12(2)16-11-8-7-10-14(16)15(13,3)4/h5-6,9H,2,7-8,10-11H2,1,3-4H3/q+1/b6-5-,13-9+. The third-order valence-corrected chi connectivity index (χ3v) is 3.86. The topological polar surface area (TPSA) is 3.01 Å². The molecule has 0 bridgehead atoms. The van der Waals surface area contributed by atoms with Gasteiger partial charge in [0, 0.05) is 18.4 Å². The lowest BCUT2D eigenvalue weighted by molar-refractivity contribution is -0.474. The molecule has 0 amide bonds. The minimum Gasteiger partial charge on any atom is -0.199 e. The summed E-state index contributed by atoms with van der Waals surface area (Å²) in [5.41, 5.74) is 4.36. The van der Waals surface area contributed by atoms with Crippen LogP contribution in [0.25, 0.3) is 0 Å². The number of nitrogens with zero attached hydrogens (tertiary/aromatic N) is 1. The van der Waals surface area contributed by atoms with Crippen molar-refractivity contribution in [1.29, 1.82) is 0 Å². The maximum Gasteiger partial charge on any atom is 0.202 e. The second-order valence-electron chi connectivity index (χ2n) is 5.23. The summed E-state index contributed by atoms with van der Waals surface area (Å²) >= 11 is 0. The van der Waals surface area contributed by atoms with Crippen LogP contribution in [0.1, 0.15) is 40.0 Å². The second kappa shape index (κ2) is 4.04. The SMILES string of the molecule is C=C1/C(=C\C=C/C)C(C)(C)C2=[N+]1CCCC2. The Bertz CT molecular complexity index is 405. The summed E-state index contributed by atoms with van der Waals surface area (Å²) in [6.45, 7) is 12.1. The summed E-state index contributed by atoms with van der Waals surface area (Å²) in [7, 11) is 0. The number of allylic oxidation sites excluding steroid dienone is 4. The van der Waals surface area contributed by atoms with Gasteiger partial charge in [-0.2, -0.15) is 4.58 Å². The Labute approximate surface area is 98.9 Å². The normalized spacial score (nSPS) is 26.9.